The second-order valence-electron chi connectivity index (χ2n) is 8.51. The van der Waals surface area contributed by atoms with Gasteiger partial charge in [0.15, 0.2) is 0 Å². The average molecular weight is 427 g/mol. The molecule has 2 fully saturated rings. The molecule has 2 heterocycles. The van der Waals surface area contributed by atoms with Crippen molar-refractivity contribution in [2.24, 2.45) is 5.92 Å². The van der Waals surface area contributed by atoms with E-state index >= 15 is 0 Å². The molecule has 0 aliphatic carbocycles. The maximum atomic E-state index is 13.1. The minimum Gasteiger partial charge on any atom is -0.343 e. The number of benzene rings is 2. The van der Waals surface area contributed by atoms with Gasteiger partial charge in [-0.05, 0) is 48.8 Å². The lowest BCUT2D eigenvalue weighted by Gasteiger charge is -2.22. The lowest BCUT2D eigenvalue weighted by Crippen LogP contribution is -2.34. The summed E-state index contributed by atoms with van der Waals surface area (Å²) in [4.78, 5) is 14.7. The van der Waals surface area contributed by atoms with Crippen LogP contribution in [0.15, 0.2) is 54.6 Å². The highest BCUT2D eigenvalue weighted by Crippen LogP contribution is 2.35. The Balaban J connectivity index is 1.36. The van der Waals surface area contributed by atoms with Crippen LogP contribution in [0.4, 0.5) is 0 Å². The third kappa shape index (κ3) is 4.44. The van der Waals surface area contributed by atoms with Gasteiger partial charge >= 0.3 is 0 Å². The minimum atomic E-state index is -3.32. The zero-order valence-corrected chi connectivity index (χ0v) is 18.4. The Labute approximate surface area is 179 Å². The van der Waals surface area contributed by atoms with Crippen LogP contribution >= 0.6 is 0 Å². The van der Waals surface area contributed by atoms with Gasteiger partial charge in [0, 0.05) is 32.6 Å². The molecule has 2 aliphatic rings. The van der Waals surface area contributed by atoms with E-state index in [4.69, 9.17) is 0 Å². The zero-order valence-electron chi connectivity index (χ0n) is 17.5. The molecule has 0 spiro atoms. The number of hydrogen-bond acceptors (Lipinski definition) is 3. The molecule has 30 heavy (non-hydrogen) atoms. The number of carbonyl (C=O) groups excluding carboxylic acids is 1. The summed E-state index contributed by atoms with van der Waals surface area (Å²) in [6.07, 6.45) is 2.50. The van der Waals surface area contributed by atoms with E-state index in [1.54, 1.807) is 4.31 Å². The number of hydrogen-bond donors (Lipinski definition) is 0. The molecule has 5 nitrogen and oxygen atoms in total. The molecule has 2 saturated heterocycles. The van der Waals surface area contributed by atoms with Crippen LogP contribution in [0, 0.1) is 12.8 Å². The first-order chi connectivity index (χ1) is 14.4. The lowest BCUT2D eigenvalue weighted by molar-refractivity contribution is -0.131. The van der Waals surface area contributed by atoms with Crippen LogP contribution in [0.2, 0.25) is 0 Å². The first-order valence-corrected chi connectivity index (χ1v) is 12.3. The molecular weight excluding hydrogens is 396 g/mol. The SMILES string of the molecule is Cc1ccccc1CCC(=O)N1CC[C@@H]2CN(Cc3ccccc3)S(=O)(=O)[C@@H]2CC1. The van der Waals surface area contributed by atoms with E-state index in [2.05, 4.69) is 19.1 Å². The Bertz CT molecular complexity index is 991. The Morgan fingerprint density at radius 3 is 2.47 bits per heavy atom. The summed E-state index contributed by atoms with van der Waals surface area (Å²) in [5, 5.41) is -0.365. The number of carbonyl (C=O) groups is 1. The monoisotopic (exact) mass is 426 g/mol. The highest BCUT2D eigenvalue weighted by atomic mass is 32.2. The van der Waals surface area contributed by atoms with Crippen LogP contribution in [-0.4, -0.2) is 48.4 Å². The normalized spacial score (nSPS) is 23.7. The lowest BCUT2D eigenvalue weighted by atomic mass is 10.0. The molecule has 160 valence electrons. The van der Waals surface area contributed by atoms with E-state index in [-0.39, 0.29) is 17.1 Å². The number of fused-ring (bicyclic) bond motifs is 1. The fourth-order valence-electron chi connectivity index (χ4n) is 4.78. The molecule has 2 aromatic rings. The van der Waals surface area contributed by atoms with Gasteiger partial charge in [0.25, 0.3) is 0 Å². The Morgan fingerprint density at radius 1 is 1.00 bits per heavy atom. The van der Waals surface area contributed by atoms with Crippen molar-refractivity contribution in [1.29, 1.82) is 0 Å². The van der Waals surface area contributed by atoms with Crippen molar-refractivity contribution in [3.8, 4) is 0 Å². The van der Waals surface area contributed by atoms with E-state index in [0.29, 0.717) is 39.0 Å². The molecule has 6 heteroatoms. The molecule has 0 radical (unpaired) electrons. The van der Waals surface area contributed by atoms with Gasteiger partial charge < -0.3 is 4.90 Å². The summed E-state index contributed by atoms with van der Waals surface area (Å²) >= 11 is 0. The summed E-state index contributed by atoms with van der Waals surface area (Å²) in [5.74, 6) is 0.240. The van der Waals surface area contributed by atoms with Crippen LogP contribution in [0.3, 0.4) is 0 Å². The summed E-state index contributed by atoms with van der Waals surface area (Å²) in [7, 11) is -3.32. The fraction of sp³-hybridized carbons (Fsp3) is 0.458. The second kappa shape index (κ2) is 8.90. The van der Waals surface area contributed by atoms with Crippen molar-refractivity contribution in [1.82, 2.24) is 9.21 Å². The molecule has 2 aromatic carbocycles. The number of rotatable bonds is 5. The maximum absolute atomic E-state index is 13.1. The van der Waals surface area contributed by atoms with E-state index in [9.17, 15) is 13.2 Å². The summed E-state index contributed by atoms with van der Waals surface area (Å²) in [6, 6.07) is 17.9. The standard InChI is InChI=1S/C24H30N2O3S/c1-19-7-5-6-10-21(19)11-12-24(27)25-15-13-22-18-26(17-20-8-3-2-4-9-20)30(28,29)23(22)14-16-25/h2-10,22-23H,11-18H2,1H3/t22-,23-/m1/s1. The van der Waals surface area contributed by atoms with E-state index in [1.807, 2.05) is 47.4 Å². The van der Waals surface area contributed by atoms with Gasteiger partial charge in [-0.25, -0.2) is 8.42 Å². The second-order valence-corrected chi connectivity index (χ2v) is 10.7. The van der Waals surface area contributed by atoms with Gasteiger partial charge in [0.05, 0.1) is 5.25 Å². The first kappa shape index (κ1) is 21.1. The minimum absolute atomic E-state index is 0.105. The van der Waals surface area contributed by atoms with Crippen molar-refractivity contribution in [2.75, 3.05) is 19.6 Å². The predicted octanol–water partition coefficient (Wildman–Crippen LogP) is 3.38. The molecule has 1 amide bonds. The number of aryl methyl sites for hydroxylation is 2. The number of sulfonamides is 1. The molecule has 0 bridgehead atoms. The molecule has 0 N–H and O–H groups in total. The topological polar surface area (TPSA) is 57.7 Å². The molecule has 0 saturated carbocycles. The Kier molecular flexibility index (Phi) is 6.25. The number of amides is 1. The summed E-state index contributed by atoms with van der Waals surface area (Å²) < 4.78 is 27.9. The number of likely N-dealkylation sites (tertiary alicyclic amines) is 1. The Hall–Kier alpha value is -2.18. The molecule has 4 rings (SSSR count). The van der Waals surface area contributed by atoms with Gasteiger partial charge in [0.1, 0.15) is 0 Å². The van der Waals surface area contributed by atoms with Crippen molar-refractivity contribution in [3.63, 3.8) is 0 Å². The largest absolute Gasteiger partial charge is 0.343 e. The van der Waals surface area contributed by atoms with Gasteiger partial charge in [-0.3, -0.25) is 4.79 Å². The molecular formula is C24H30N2O3S. The fourth-order valence-corrected chi connectivity index (χ4v) is 7.00. The summed E-state index contributed by atoms with van der Waals surface area (Å²) in [6.45, 7) is 4.26. The van der Waals surface area contributed by atoms with E-state index in [1.165, 1.54) is 11.1 Å². The van der Waals surface area contributed by atoms with Crippen LogP contribution in [0.25, 0.3) is 0 Å². The van der Waals surface area contributed by atoms with Crippen molar-refractivity contribution in [2.45, 2.75) is 44.4 Å². The van der Waals surface area contributed by atoms with Crippen molar-refractivity contribution < 1.29 is 13.2 Å². The van der Waals surface area contributed by atoms with Crippen molar-refractivity contribution in [3.05, 3.63) is 71.3 Å². The predicted molar refractivity (Wildman–Crippen MR) is 118 cm³/mol. The van der Waals surface area contributed by atoms with Crippen LogP contribution in [-0.2, 0) is 27.8 Å². The zero-order chi connectivity index (χ0) is 21.1. The van der Waals surface area contributed by atoms with E-state index < -0.39 is 10.0 Å². The number of nitrogens with zero attached hydrogens (tertiary/aromatic N) is 2. The van der Waals surface area contributed by atoms with Gasteiger partial charge in [-0.15, -0.1) is 0 Å². The molecule has 0 unspecified atom stereocenters. The first-order valence-electron chi connectivity index (χ1n) is 10.8. The van der Waals surface area contributed by atoms with Crippen molar-refractivity contribution >= 4 is 15.9 Å². The quantitative estimate of drug-likeness (QED) is 0.737. The molecule has 2 atom stereocenters. The summed E-state index contributed by atoms with van der Waals surface area (Å²) in [5.41, 5.74) is 3.43. The highest BCUT2D eigenvalue weighted by molar-refractivity contribution is 7.90. The Morgan fingerprint density at radius 2 is 1.70 bits per heavy atom. The van der Waals surface area contributed by atoms with Crippen LogP contribution in [0.1, 0.15) is 36.0 Å². The third-order valence-electron chi connectivity index (χ3n) is 6.58. The highest BCUT2D eigenvalue weighted by Gasteiger charge is 2.47. The van der Waals surface area contributed by atoms with Crippen LogP contribution < -0.4 is 0 Å². The third-order valence-corrected chi connectivity index (χ3v) is 8.97. The van der Waals surface area contributed by atoms with Gasteiger partial charge in [0.2, 0.25) is 15.9 Å². The van der Waals surface area contributed by atoms with Gasteiger partial charge in [-0.1, -0.05) is 54.6 Å². The van der Waals surface area contributed by atoms with E-state index in [0.717, 1.165) is 18.4 Å². The average Bonchev–Trinajstić information content (AvgIpc) is 2.88. The maximum Gasteiger partial charge on any atom is 0.222 e. The smallest absolute Gasteiger partial charge is 0.222 e. The van der Waals surface area contributed by atoms with Crippen LogP contribution in [0.5, 0.6) is 0 Å². The molecule has 0 aromatic heterocycles. The molecule has 2 aliphatic heterocycles. The van der Waals surface area contributed by atoms with Gasteiger partial charge in [-0.2, -0.15) is 4.31 Å².